The van der Waals surface area contributed by atoms with Crippen molar-refractivity contribution in [1.29, 1.82) is 0 Å². The molecule has 1 fully saturated rings. The number of benzene rings is 1. The van der Waals surface area contributed by atoms with Crippen molar-refractivity contribution in [2.75, 3.05) is 6.54 Å². The standard InChI is InChI=1S/C15H16F3NO3/c16-15(17,18)12-6-7-19(13(8-12)9-20)14(21)22-10-11-4-2-1-3-5-11/h1-5,9,12-13H,6-8,10H2/t12-,13+/m1/s1. The molecule has 0 aromatic heterocycles. The van der Waals surface area contributed by atoms with E-state index in [0.717, 1.165) is 10.5 Å². The van der Waals surface area contributed by atoms with Gasteiger partial charge in [0.05, 0.1) is 12.0 Å². The molecule has 0 spiro atoms. The third kappa shape index (κ3) is 3.99. The van der Waals surface area contributed by atoms with Crippen LogP contribution in [0.3, 0.4) is 0 Å². The number of nitrogens with zero attached hydrogens (tertiary/aromatic N) is 1. The van der Waals surface area contributed by atoms with Crippen LogP contribution in [-0.4, -0.2) is 36.0 Å². The van der Waals surface area contributed by atoms with Crippen molar-refractivity contribution in [3.8, 4) is 0 Å². The smallest absolute Gasteiger partial charge is 0.410 e. The first-order valence-corrected chi connectivity index (χ1v) is 6.91. The highest BCUT2D eigenvalue weighted by Gasteiger charge is 2.45. The summed E-state index contributed by atoms with van der Waals surface area (Å²) in [4.78, 5) is 24.0. The molecule has 0 saturated carbocycles. The van der Waals surface area contributed by atoms with Gasteiger partial charge in [-0.3, -0.25) is 4.90 Å². The van der Waals surface area contributed by atoms with E-state index in [1.54, 1.807) is 24.3 Å². The van der Waals surface area contributed by atoms with Gasteiger partial charge in [-0.25, -0.2) is 4.79 Å². The zero-order valence-electron chi connectivity index (χ0n) is 11.8. The second kappa shape index (κ2) is 6.81. The predicted octanol–water partition coefficient (Wildman–Crippen LogP) is 3.17. The fraction of sp³-hybridized carbons (Fsp3) is 0.467. The Labute approximate surface area is 125 Å². The van der Waals surface area contributed by atoms with Crippen molar-refractivity contribution in [1.82, 2.24) is 4.90 Å². The third-order valence-electron chi connectivity index (χ3n) is 3.70. The molecule has 1 saturated heterocycles. The summed E-state index contributed by atoms with van der Waals surface area (Å²) >= 11 is 0. The number of carbonyl (C=O) groups is 2. The molecular weight excluding hydrogens is 299 g/mol. The van der Waals surface area contributed by atoms with Crippen molar-refractivity contribution in [3.05, 3.63) is 35.9 Å². The lowest BCUT2D eigenvalue weighted by Gasteiger charge is -2.36. The van der Waals surface area contributed by atoms with Crippen LogP contribution < -0.4 is 0 Å². The lowest BCUT2D eigenvalue weighted by molar-refractivity contribution is -0.188. The van der Waals surface area contributed by atoms with E-state index in [4.69, 9.17) is 4.74 Å². The normalized spacial score (nSPS) is 22.2. The number of likely N-dealkylation sites (tertiary alicyclic amines) is 1. The first-order chi connectivity index (χ1) is 10.4. The molecule has 1 heterocycles. The SMILES string of the molecule is O=C[C@@H]1C[C@H](C(F)(F)F)CCN1C(=O)OCc1ccccc1. The minimum absolute atomic E-state index is 0.0183. The maximum Gasteiger partial charge on any atom is 0.410 e. The van der Waals surface area contributed by atoms with Gasteiger partial charge in [0.1, 0.15) is 12.9 Å². The highest BCUT2D eigenvalue weighted by atomic mass is 19.4. The second-order valence-electron chi connectivity index (χ2n) is 5.20. The molecular formula is C15H16F3NO3. The van der Waals surface area contributed by atoms with Gasteiger partial charge in [-0.05, 0) is 18.4 Å². The molecule has 0 unspecified atom stereocenters. The molecule has 1 aromatic carbocycles. The van der Waals surface area contributed by atoms with E-state index in [1.807, 2.05) is 6.07 Å². The summed E-state index contributed by atoms with van der Waals surface area (Å²) in [6.07, 6.45) is -5.36. The maximum absolute atomic E-state index is 12.7. The number of halogens is 3. The van der Waals surface area contributed by atoms with Gasteiger partial charge in [-0.15, -0.1) is 0 Å². The fourth-order valence-corrected chi connectivity index (χ4v) is 2.45. The summed E-state index contributed by atoms with van der Waals surface area (Å²) in [6, 6.07) is 7.82. The number of aldehydes is 1. The zero-order chi connectivity index (χ0) is 16.2. The van der Waals surface area contributed by atoms with Gasteiger partial charge in [0.15, 0.2) is 0 Å². The van der Waals surface area contributed by atoms with E-state index in [0.29, 0.717) is 6.29 Å². The van der Waals surface area contributed by atoms with Gasteiger partial charge in [-0.2, -0.15) is 13.2 Å². The van der Waals surface area contributed by atoms with E-state index >= 15 is 0 Å². The van der Waals surface area contributed by atoms with Crippen LogP contribution in [0.1, 0.15) is 18.4 Å². The van der Waals surface area contributed by atoms with Gasteiger partial charge < -0.3 is 9.53 Å². The van der Waals surface area contributed by atoms with E-state index in [-0.39, 0.29) is 19.6 Å². The lowest BCUT2D eigenvalue weighted by atomic mass is 9.91. The molecule has 1 aliphatic rings. The number of alkyl halides is 3. The van der Waals surface area contributed by atoms with Gasteiger partial charge in [0.2, 0.25) is 0 Å². The van der Waals surface area contributed by atoms with Crippen molar-refractivity contribution < 1.29 is 27.5 Å². The van der Waals surface area contributed by atoms with Crippen molar-refractivity contribution >= 4 is 12.4 Å². The van der Waals surface area contributed by atoms with Crippen molar-refractivity contribution in [2.24, 2.45) is 5.92 Å². The highest BCUT2D eigenvalue weighted by molar-refractivity contribution is 5.73. The Morgan fingerprint density at radius 2 is 2.00 bits per heavy atom. The number of carbonyl (C=O) groups excluding carboxylic acids is 2. The largest absolute Gasteiger partial charge is 0.445 e. The van der Waals surface area contributed by atoms with Crippen LogP contribution in [-0.2, 0) is 16.1 Å². The molecule has 1 amide bonds. The highest BCUT2D eigenvalue weighted by Crippen LogP contribution is 2.36. The number of rotatable bonds is 3. The van der Waals surface area contributed by atoms with Gasteiger partial charge >= 0.3 is 12.3 Å². The van der Waals surface area contributed by atoms with Crippen LogP contribution in [0.5, 0.6) is 0 Å². The minimum Gasteiger partial charge on any atom is -0.445 e. The van der Waals surface area contributed by atoms with E-state index in [9.17, 15) is 22.8 Å². The van der Waals surface area contributed by atoms with Gasteiger partial charge in [0.25, 0.3) is 0 Å². The average Bonchev–Trinajstić information content (AvgIpc) is 2.52. The molecule has 22 heavy (non-hydrogen) atoms. The molecule has 0 aliphatic carbocycles. The number of amides is 1. The minimum atomic E-state index is -4.35. The van der Waals surface area contributed by atoms with Crippen LogP contribution in [0.2, 0.25) is 0 Å². The monoisotopic (exact) mass is 315 g/mol. The zero-order valence-corrected chi connectivity index (χ0v) is 11.8. The third-order valence-corrected chi connectivity index (χ3v) is 3.70. The Bertz CT molecular complexity index is 519. The Hall–Kier alpha value is -2.05. The molecule has 0 N–H and O–H groups in total. The van der Waals surface area contributed by atoms with Crippen molar-refractivity contribution in [2.45, 2.75) is 31.7 Å². The van der Waals surface area contributed by atoms with Crippen LogP contribution in [0.15, 0.2) is 30.3 Å². The van der Waals surface area contributed by atoms with E-state index < -0.39 is 30.7 Å². The Kier molecular flexibility index (Phi) is 5.05. The summed E-state index contributed by atoms with van der Waals surface area (Å²) in [6.45, 7) is -0.119. The number of hydrogen-bond donors (Lipinski definition) is 0. The molecule has 4 nitrogen and oxygen atoms in total. The van der Waals surface area contributed by atoms with Crippen LogP contribution >= 0.6 is 0 Å². The molecule has 7 heteroatoms. The van der Waals surface area contributed by atoms with Gasteiger partial charge in [-0.1, -0.05) is 30.3 Å². The molecule has 1 aliphatic heterocycles. The van der Waals surface area contributed by atoms with Crippen LogP contribution in [0.25, 0.3) is 0 Å². The molecule has 0 radical (unpaired) electrons. The van der Waals surface area contributed by atoms with Crippen LogP contribution in [0.4, 0.5) is 18.0 Å². The fourth-order valence-electron chi connectivity index (χ4n) is 2.45. The topological polar surface area (TPSA) is 46.6 Å². The molecule has 120 valence electrons. The Morgan fingerprint density at radius 3 is 2.59 bits per heavy atom. The van der Waals surface area contributed by atoms with Crippen molar-refractivity contribution in [3.63, 3.8) is 0 Å². The summed E-state index contributed by atoms with van der Waals surface area (Å²) in [7, 11) is 0. The quantitative estimate of drug-likeness (QED) is 0.805. The predicted molar refractivity (Wildman–Crippen MR) is 72.0 cm³/mol. The molecule has 0 bridgehead atoms. The Balaban J connectivity index is 1.93. The lowest BCUT2D eigenvalue weighted by Crippen LogP contribution is -2.49. The number of ether oxygens (including phenoxy) is 1. The summed E-state index contributed by atoms with van der Waals surface area (Å²) in [5, 5.41) is 0. The molecule has 2 rings (SSSR count). The number of piperidine rings is 1. The van der Waals surface area contributed by atoms with Gasteiger partial charge in [0, 0.05) is 6.54 Å². The second-order valence-corrected chi connectivity index (χ2v) is 5.20. The summed E-state index contributed by atoms with van der Waals surface area (Å²) in [5.74, 6) is -1.55. The average molecular weight is 315 g/mol. The maximum atomic E-state index is 12.7. The first-order valence-electron chi connectivity index (χ1n) is 6.91. The van der Waals surface area contributed by atoms with Crippen LogP contribution in [0, 0.1) is 5.92 Å². The van der Waals surface area contributed by atoms with E-state index in [2.05, 4.69) is 0 Å². The Morgan fingerprint density at radius 1 is 1.32 bits per heavy atom. The molecule has 1 aromatic rings. The summed E-state index contributed by atoms with van der Waals surface area (Å²) in [5.41, 5.74) is 0.767. The number of hydrogen-bond acceptors (Lipinski definition) is 3. The first kappa shape index (κ1) is 16.3. The van der Waals surface area contributed by atoms with E-state index in [1.165, 1.54) is 0 Å². The summed E-state index contributed by atoms with van der Waals surface area (Å²) < 4.78 is 43.2. The molecule has 2 atom stereocenters.